The van der Waals surface area contributed by atoms with Gasteiger partial charge in [-0.15, -0.1) is 0 Å². The maximum Gasteiger partial charge on any atom is 0.243 e. The maximum atomic E-state index is 12.9. The Labute approximate surface area is 182 Å². The zero-order chi connectivity index (χ0) is 22.2. The molecule has 1 fully saturated rings. The van der Waals surface area contributed by atoms with Gasteiger partial charge in [-0.05, 0) is 56.7 Å². The van der Waals surface area contributed by atoms with Gasteiger partial charge in [0.1, 0.15) is 5.58 Å². The van der Waals surface area contributed by atoms with Crippen LogP contribution in [0.1, 0.15) is 25.0 Å². The average Bonchev–Trinajstić information content (AvgIpc) is 3.09. The van der Waals surface area contributed by atoms with Crippen molar-refractivity contribution in [3.8, 4) is 0 Å². The van der Waals surface area contributed by atoms with Crippen molar-refractivity contribution in [1.29, 1.82) is 0 Å². The molecule has 1 N–H and O–H groups in total. The van der Waals surface area contributed by atoms with Gasteiger partial charge in [0.15, 0.2) is 0 Å². The van der Waals surface area contributed by atoms with Crippen LogP contribution >= 0.6 is 0 Å². The van der Waals surface area contributed by atoms with E-state index in [2.05, 4.69) is 5.32 Å². The first-order valence-corrected chi connectivity index (χ1v) is 11.7. The van der Waals surface area contributed by atoms with Crippen molar-refractivity contribution in [2.75, 3.05) is 18.4 Å². The number of hydrogen-bond donors (Lipinski definition) is 1. The molecule has 0 bridgehead atoms. The molecule has 1 aromatic heterocycles. The van der Waals surface area contributed by atoms with Gasteiger partial charge in [0.2, 0.25) is 15.9 Å². The number of carbonyl (C=O) groups is 1. The van der Waals surface area contributed by atoms with E-state index in [1.807, 2.05) is 39.0 Å². The summed E-state index contributed by atoms with van der Waals surface area (Å²) in [5.41, 5.74) is 3.19. The van der Waals surface area contributed by atoms with Gasteiger partial charge >= 0.3 is 0 Å². The summed E-state index contributed by atoms with van der Waals surface area (Å²) < 4.78 is 38.5. The Hall–Kier alpha value is -2.68. The lowest BCUT2D eigenvalue weighted by atomic mass is 10.1. The molecule has 1 amide bonds. The number of anilines is 1. The van der Waals surface area contributed by atoms with Crippen molar-refractivity contribution in [2.45, 2.75) is 44.3 Å². The second-order valence-corrected chi connectivity index (χ2v) is 10.0. The highest BCUT2D eigenvalue weighted by molar-refractivity contribution is 7.89. The molecule has 1 saturated heterocycles. The Morgan fingerprint density at radius 1 is 1.10 bits per heavy atom. The average molecular weight is 443 g/mol. The highest BCUT2D eigenvalue weighted by Gasteiger charge is 2.32. The fourth-order valence-corrected chi connectivity index (χ4v) is 5.48. The quantitative estimate of drug-likeness (QED) is 0.651. The van der Waals surface area contributed by atoms with E-state index < -0.39 is 10.0 Å². The summed E-state index contributed by atoms with van der Waals surface area (Å²) in [6, 6.07) is 12.1. The molecule has 31 heavy (non-hydrogen) atoms. The molecule has 7 nitrogen and oxygen atoms in total. The first-order valence-electron chi connectivity index (χ1n) is 10.2. The predicted molar refractivity (Wildman–Crippen MR) is 118 cm³/mol. The van der Waals surface area contributed by atoms with E-state index in [0.29, 0.717) is 18.8 Å². The third kappa shape index (κ3) is 4.66. The van der Waals surface area contributed by atoms with Crippen LogP contribution in [0.4, 0.5) is 5.69 Å². The molecule has 0 aliphatic carbocycles. The predicted octanol–water partition coefficient (Wildman–Crippen LogP) is 3.72. The van der Waals surface area contributed by atoms with Gasteiger partial charge in [0, 0.05) is 29.7 Å². The van der Waals surface area contributed by atoms with Gasteiger partial charge in [-0.2, -0.15) is 4.31 Å². The monoisotopic (exact) mass is 442 g/mol. The van der Waals surface area contributed by atoms with Crippen LogP contribution < -0.4 is 5.32 Å². The highest BCUT2D eigenvalue weighted by Crippen LogP contribution is 2.24. The van der Waals surface area contributed by atoms with Gasteiger partial charge in [-0.25, -0.2) is 8.42 Å². The number of sulfonamides is 1. The first-order chi connectivity index (χ1) is 14.7. The lowest BCUT2D eigenvalue weighted by Gasteiger charge is -2.34. The van der Waals surface area contributed by atoms with Crippen LogP contribution in [0, 0.1) is 6.92 Å². The van der Waals surface area contributed by atoms with Gasteiger partial charge in [-0.1, -0.05) is 12.1 Å². The molecule has 0 spiro atoms. The van der Waals surface area contributed by atoms with Gasteiger partial charge in [-0.3, -0.25) is 4.79 Å². The van der Waals surface area contributed by atoms with Crippen molar-refractivity contribution in [1.82, 2.24) is 4.31 Å². The molecule has 0 radical (unpaired) electrons. The number of fused-ring (bicyclic) bond motifs is 1. The number of rotatable bonds is 5. The second kappa shape index (κ2) is 8.45. The lowest BCUT2D eigenvalue weighted by Crippen LogP contribution is -2.48. The molecule has 2 heterocycles. The van der Waals surface area contributed by atoms with E-state index in [9.17, 15) is 13.2 Å². The minimum atomic E-state index is -3.61. The molecule has 0 saturated carbocycles. The summed E-state index contributed by atoms with van der Waals surface area (Å²) in [5, 5.41) is 3.73. The minimum absolute atomic E-state index is 0.153. The number of amides is 1. The van der Waals surface area contributed by atoms with E-state index in [1.54, 1.807) is 18.4 Å². The topological polar surface area (TPSA) is 88.9 Å². The molecule has 164 valence electrons. The summed E-state index contributed by atoms with van der Waals surface area (Å²) in [6.07, 6.45) is 1.46. The molecule has 2 atom stereocenters. The standard InChI is InChI=1S/C23H26N2O5S/c1-15-4-9-21-18(14-29-22(21)10-15)11-23(26)24-19-5-7-20(8-6-19)31(27,28)25-12-16(2)30-17(3)13-25/h4-10,14,16-17H,11-13H2,1-3H3,(H,24,26). The molecule has 1 aliphatic heterocycles. The van der Waals surface area contributed by atoms with Crippen LogP contribution in [0.2, 0.25) is 0 Å². The Morgan fingerprint density at radius 3 is 2.45 bits per heavy atom. The van der Waals surface area contributed by atoms with E-state index in [0.717, 1.165) is 22.1 Å². The third-order valence-corrected chi connectivity index (χ3v) is 7.17. The van der Waals surface area contributed by atoms with Gasteiger partial charge in [0.25, 0.3) is 0 Å². The van der Waals surface area contributed by atoms with E-state index >= 15 is 0 Å². The zero-order valence-corrected chi connectivity index (χ0v) is 18.6. The SMILES string of the molecule is Cc1ccc2c(CC(=O)Nc3ccc(S(=O)(=O)N4CC(C)OC(C)C4)cc3)coc2c1. The van der Waals surface area contributed by atoms with E-state index in [1.165, 1.54) is 16.4 Å². The third-order valence-electron chi connectivity index (χ3n) is 5.32. The lowest BCUT2D eigenvalue weighted by molar-refractivity contribution is -0.115. The van der Waals surface area contributed by atoms with Gasteiger partial charge < -0.3 is 14.5 Å². The molecular weight excluding hydrogens is 416 g/mol. The Bertz CT molecular complexity index is 1190. The fourth-order valence-electron chi connectivity index (χ4n) is 3.89. The van der Waals surface area contributed by atoms with Crippen LogP contribution in [0.15, 0.2) is 58.0 Å². The minimum Gasteiger partial charge on any atom is -0.464 e. The van der Waals surface area contributed by atoms with E-state index in [-0.39, 0.29) is 29.4 Å². The van der Waals surface area contributed by atoms with Crippen LogP contribution in [0.3, 0.4) is 0 Å². The molecule has 1 aliphatic rings. The van der Waals surface area contributed by atoms with Crippen molar-refractivity contribution < 1.29 is 22.4 Å². The number of nitrogens with zero attached hydrogens (tertiary/aromatic N) is 1. The number of ether oxygens (including phenoxy) is 1. The number of furan rings is 1. The molecule has 2 unspecified atom stereocenters. The smallest absolute Gasteiger partial charge is 0.243 e. The zero-order valence-electron chi connectivity index (χ0n) is 17.8. The van der Waals surface area contributed by atoms with Crippen LogP contribution in [0.25, 0.3) is 11.0 Å². The largest absolute Gasteiger partial charge is 0.464 e. The summed E-state index contributed by atoms with van der Waals surface area (Å²) in [5.74, 6) is -0.199. The molecule has 2 aromatic carbocycles. The Kier molecular flexibility index (Phi) is 5.88. The first kappa shape index (κ1) is 21.5. The van der Waals surface area contributed by atoms with E-state index in [4.69, 9.17) is 9.15 Å². The number of morpholine rings is 1. The summed E-state index contributed by atoms with van der Waals surface area (Å²) in [4.78, 5) is 12.7. The number of benzene rings is 2. The Balaban J connectivity index is 1.43. The number of aryl methyl sites for hydroxylation is 1. The number of hydrogen-bond acceptors (Lipinski definition) is 5. The molecule has 4 rings (SSSR count). The number of carbonyl (C=O) groups excluding carboxylic acids is 1. The van der Waals surface area contributed by atoms with Crippen LogP contribution in [-0.4, -0.2) is 43.9 Å². The normalized spacial score (nSPS) is 20.1. The maximum absolute atomic E-state index is 12.9. The van der Waals surface area contributed by atoms with Crippen LogP contribution in [-0.2, 0) is 26.0 Å². The van der Waals surface area contributed by atoms with Crippen molar-refractivity contribution in [3.63, 3.8) is 0 Å². The Morgan fingerprint density at radius 2 is 1.77 bits per heavy atom. The molecular formula is C23H26N2O5S. The fraction of sp³-hybridized carbons (Fsp3) is 0.348. The summed E-state index contributed by atoms with van der Waals surface area (Å²) >= 11 is 0. The van der Waals surface area contributed by atoms with Crippen molar-refractivity contribution in [2.24, 2.45) is 0 Å². The highest BCUT2D eigenvalue weighted by atomic mass is 32.2. The molecule has 8 heteroatoms. The van der Waals surface area contributed by atoms with Crippen molar-refractivity contribution >= 4 is 32.6 Å². The number of nitrogens with one attached hydrogen (secondary N) is 1. The van der Waals surface area contributed by atoms with Crippen molar-refractivity contribution in [3.05, 3.63) is 59.9 Å². The van der Waals surface area contributed by atoms with Gasteiger partial charge in [0.05, 0.1) is 29.8 Å². The summed E-state index contributed by atoms with van der Waals surface area (Å²) in [7, 11) is -3.61. The second-order valence-electron chi connectivity index (χ2n) is 8.09. The summed E-state index contributed by atoms with van der Waals surface area (Å²) in [6.45, 7) is 6.35. The van der Waals surface area contributed by atoms with Crippen LogP contribution in [0.5, 0.6) is 0 Å². The molecule has 3 aromatic rings.